The van der Waals surface area contributed by atoms with Gasteiger partial charge in [-0.25, -0.2) is 9.18 Å². The maximum atomic E-state index is 14.3. The van der Waals surface area contributed by atoms with Crippen LogP contribution in [-0.2, 0) is 0 Å². The van der Waals surface area contributed by atoms with Crippen molar-refractivity contribution in [3.8, 4) is 0 Å². The van der Waals surface area contributed by atoms with Gasteiger partial charge in [-0.3, -0.25) is 4.79 Å². The molecule has 1 heterocycles. The van der Waals surface area contributed by atoms with Crippen molar-refractivity contribution in [3.05, 3.63) is 82.8 Å². The van der Waals surface area contributed by atoms with Crippen LogP contribution in [-0.4, -0.2) is 11.8 Å². The predicted molar refractivity (Wildman–Crippen MR) is 89.2 cm³/mol. The number of Topliss-reactive ketones (excluding diaryl/α,β-unsaturated/α-hetero) is 1. The summed E-state index contributed by atoms with van der Waals surface area (Å²) in [6, 6.07) is 11.3. The van der Waals surface area contributed by atoms with Gasteiger partial charge in [0.2, 0.25) is 0 Å². The Morgan fingerprint density at radius 3 is 2.50 bits per heavy atom. The molecular weight excluding hydrogens is 331 g/mol. The average molecular weight is 345 g/mol. The molecule has 2 N–H and O–H groups in total. The number of rotatable bonds is 3. The SMILES string of the molecule is C=C1NC(=O)N[C@H](c2c(F)cccc2Cl)[C@H]1C(=O)c1ccccc1. The first kappa shape index (κ1) is 16.2. The van der Waals surface area contributed by atoms with E-state index in [0.717, 1.165) is 0 Å². The molecule has 24 heavy (non-hydrogen) atoms. The number of ketones is 1. The Bertz CT molecular complexity index is 803. The summed E-state index contributed by atoms with van der Waals surface area (Å²) in [7, 11) is 0. The van der Waals surface area contributed by atoms with Crippen LogP contribution in [0.2, 0.25) is 5.02 Å². The minimum atomic E-state index is -0.937. The van der Waals surface area contributed by atoms with Gasteiger partial charge in [-0.15, -0.1) is 0 Å². The first-order valence-electron chi connectivity index (χ1n) is 7.28. The fourth-order valence-electron chi connectivity index (χ4n) is 2.82. The van der Waals surface area contributed by atoms with E-state index >= 15 is 0 Å². The molecule has 0 radical (unpaired) electrons. The molecule has 0 aliphatic carbocycles. The highest BCUT2D eigenvalue weighted by Gasteiger charge is 2.40. The van der Waals surface area contributed by atoms with Gasteiger partial charge in [0.05, 0.1) is 12.0 Å². The van der Waals surface area contributed by atoms with Gasteiger partial charge in [-0.05, 0) is 12.1 Å². The van der Waals surface area contributed by atoms with Gasteiger partial charge in [0.1, 0.15) is 5.82 Å². The third-order valence-corrected chi connectivity index (χ3v) is 4.25. The van der Waals surface area contributed by atoms with Crippen molar-refractivity contribution in [2.45, 2.75) is 6.04 Å². The number of benzene rings is 2. The number of amides is 2. The minimum Gasteiger partial charge on any atom is -0.330 e. The van der Waals surface area contributed by atoms with Crippen LogP contribution in [0.5, 0.6) is 0 Å². The number of hydrogen-bond donors (Lipinski definition) is 2. The summed E-state index contributed by atoms with van der Waals surface area (Å²) in [5, 5.41) is 5.22. The highest BCUT2D eigenvalue weighted by molar-refractivity contribution is 6.31. The Kier molecular flexibility index (Phi) is 4.36. The molecule has 6 heteroatoms. The van der Waals surface area contributed by atoms with Crippen molar-refractivity contribution in [1.29, 1.82) is 0 Å². The molecule has 0 spiro atoms. The molecule has 2 amide bonds. The highest BCUT2D eigenvalue weighted by atomic mass is 35.5. The Labute approximate surface area is 143 Å². The number of carbonyl (C=O) groups excluding carboxylic acids is 2. The van der Waals surface area contributed by atoms with Gasteiger partial charge in [-0.2, -0.15) is 0 Å². The molecule has 1 aliphatic heterocycles. The first-order chi connectivity index (χ1) is 11.5. The monoisotopic (exact) mass is 344 g/mol. The number of halogens is 2. The third kappa shape index (κ3) is 2.90. The average Bonchev–Trinajstić information content (AvgIpc) is 2.54. The van der Waals surface area contributed by atoms with Crippen molar-refractivity contribution in [3.63, 3.8) is 0 Å². The second-order valence-electron chi connectivity index (χ2n) is 5.44. The van der Waals surface area contributed by atoms with Crippen molar-refractivity contribution in [2.24, 2.45) is 5.92 Å². The smallest absolute Gasteiger partial charge is 0.319 e. The molecule has 1 aliphatic rings. The van der Waals surface area contributed by atoms with Crippen LogP contribution in [0.15, 0.2) is 60.8 Å². The first-order valence-corrected chi connectivity index (χ1v) is 7.66. The van der Waals surface area contributed by atoms with Crippen LogP contribution in [0.1, 0.15) is 22.0 Å². The summed E-state index contributed by atoms with van der Waals surface area (Å²) in [4.78, 5) is 24.7. The summed E-state index contributed by atoms with van der Waals surface area (Å²) < 4.78 is 14.3. The van der Waals surface area contributed by atoms with Gasteiger partial charge in [-0.1, -0.05) is 54.6 Å². The standard InChI is InChI=1S/C18H14ClFN2O2/c1-10-14(17(23)11-6-3-2-4-7-11)16(22-18(24)21-10)15-12(19)8-5-9-13(15)20/h2-9,14,16H,1H2,(H2,21,22,24)/t14-,16-/m0/s1. The van der Waals surface area contributed by atoms with Crippen LogP contribution < -0.4 is 10.6 Å². The zero-order valence-electron chi connectivity index (χ0n) is 12.6. The molecule has 3 rings (SSSR count). The highest BCUT2D eigenvalue weighted by Crippen LogP contribution is 2.36. The van der Waals surface area contributed by atoms with E-state index in [2.05, 4.69) is 17.2 Å². The summed E-state index contributed by atoms with van der Waals surface area (Å²) in [6.45, 7) is 3.77. The topological polar surface area (TPSA) is 58.2 Å². The molecule has 0 unspecified atom stereocenters. The van der Waals surface area contributed by atoms with Gasteiger partial charge in [0.25, 0.3) is 0 Å². The van der Waals surface area contributed by atoms with E-state index in [1.807, 2.05) is 0 Å². The van der Waals surface area contributed by atoms with Crippen molar-refractivity contribution < 1.29 is 14.0 Å². The van der Waals surface area contributed by atoms with E-state index < -0.39 is 23.8 Å². The van der Waals surface area contributed by atoms with E-state index in [0.29, 0.717) is 5.56 Å². The summed E-state index contributed by atoms with van der Waals surface area (Å²) in [5.41, 5.74) is 0.723. The number of nitrogens with one attached hydrogen (secondary N) is 2. The normalized spacial score (nSPS) is 20.2. The lowest BCUT2D eigenvalue weighted by atomic mass is 9.83. The van der Waals surface area contributed by atoms with Gasteiger partial charge in [0, 0.05) is 21.8 Å². The van der Waals surface area contributed by atoms with Crippen LogP contribution in [0, 0.1) is 11.7 Å². The molecule has 2 aromatic rings. The van der Waals surface area contributed by atoms with E-state index in [1.54, 1.807) is 30.3 Å². The van der Waals surface area contributed by atoms with Crippen LogP contribution in [0.25, 0.3) is 0 Å². The zero-order valence-corrected chi connectivity index (χ0v) is 13.3. The molecule has 122 valence electrons. The molecule has 0 aromatic heterocycles. The second-order valence-corrected chi connectivity index (χ2v) is 5.85. The lowest BCUT2D eigenvalue weighted by Gasteiger charge is -2.34. The Morgan fingerprint density at radius 1 is 1.12 bits per heavy atom. The lowest BCUT2D eigenvalue weighted by molar-refractivity contribution is 0.0904. The van der Waals surface area contributed by atoms with Gasteiger partial charge in [0.15, 0.2) is 5.78 Å². The molecule has 1 saturated heterocycles. The molecule has 4 nitrogen and oxygen atoms in total. The Balaban J connectivity index is 2.08. The molecule has 0 saturated carbocycles. The van der Waals surface area contributed by atoms with Crippen LogP contribution in [0.3, 0.4) is 0 Å². The number of hydrogen-bond acceptors (Lipinski definition) is 2. The van der Waals surface area contributed by atoms with E-state index in [-0.39, 0.29) is 22.1 Å². The summed E-state index contributed by atoms with van der Waals surface area (Å²) in [5.74, 6) is -1.75. The fourth-order valence-corrected chi connectivity index (χ4v) is 3.10. The van der Waals surface area contributed by atoms with Crippen molar-refractivity contribution >= 4 is 23.4 Å². The maximum absolute atomic E-state index is 14.3. The van der Waals surface area contributed by atoms with Crippen molar-refractivity contribution in [1.82, 2.24) is 10.6 Å². The van der Waals surface area contributed by atoms with E-state index in [4.69, 9.17) is 11.6 Å². The summed E-state index contributed by atoms with van der Waals surface area (Å²) >= 11 is 6.12. The van der Waals surface area contributed by atoms with Crippen LogP contribution in [0.4, 0.5) is 9.18 Å². The minimum absolute atomic E-state index is 0.0736. The van der Waals surface area contributed by atoms with Crippen molar-refractivity contribution in [2.75, 3.05) is 0 Å². The van der Waals surface area contributed by atoms with Crippen LogP contribution >= 0.6 is 11.6 Å². The number of carbonyl (C=O) groups is 2. The Hall–Kier alpha value is -2.66. The second kappa shape index (κ2) is 6.45. The van der Waals surface area contributed by atoms with E-state index in [1.165, 1.54) is 18.2 Å². The predicted octanol–water partition coefficient (Wildman–Crippen LogP) is 3.85. The number of urea groups is 1. The largest absolute Gasteiger partial charge is 0.330 e. The molecule has 2 aromatic carbocycles. The summed E-state index contributed by atoms with van der Waals surface area (Å²) in [6.07, 6.45) is 0. The fraction of sp³-hybridized carbons (Fsp3) is 0.111. The third-order valence-electron chi connectivity index (χ3n) is 3.92. The van der Waals surface area contributed by atoms with E-state index in [9.17, 15) is 14.0 Å². The lowest BCUT2D eigenvalue weighted by Crippen LogP contribution is -2.51. The maximum Gasteiger partial charge on any atom is 0.319 e. The zero-order chi connectivity index (χ0) is 17.3. The molecule has 2 atom stereocenters. The van der Waals surface area contributed by atoms with Gasteiger partial charge >= 0.3 is 6.03 Å². The molecule has 0 bridgehead atoms. The molecule has 1 fully saturated rings. The molecular formula is C18H14ClFN2O2. The van der Waals surface area contributed by atoms with Gasteiger partial charge < -0.3 is 10.6 Å². The quantitative estimate of drug-likeness (QED) is 0.831. The Morgan fingerprint density at radius 2 is 1.83 bits per heavy atom.